The average molecular weight is 501 g/mol. The first-order valence-corrected chi connectivity index (χ1v) is 12.5. The van der Waals surface area contributed by atoms with E-state index < -0.39 is 11.7 Å². The molecule has 3 aromatic carbocycles. The van der Waals surface area contributed by atoms with Crippen molar-refractivity contribution in [1.82, 2.24) is 5.32 Å². The van der Waals surface area contributed by atoms with Gasteiger partial charge in [0, 0.05) is 17.3 Å². The molecule has 0 saturated carbocycles. The molecule has 2 unspecified atom stereocenters. The van der Waals surface area contributed by atoms with Crippen LogP contribution in [0.15, 0.2) is 66.7 Å². The molecule has 184 valence electrons. The Morgan fingerprint density at radius 2 is 1.89 bits per heavy atom. The third-order valence-electron chi connectivity index (χ3n) is 6.97. The summed E-state index contributed by atoms with van der Waals surface area (Å²) in [5, 5.41) is 4.11. The number of hydrogen-bond donors (Lipinski definition) is 1. The van der Waals surface area contributed by atoms with Gasteiger partial charge in [-0.25, -0.2) is 0 Å². The molecule has 1 heterocycles. The number of nitrogens with zero attached hydrogens (tertiary/aromatic N) is 1. The van der Waals surface area contributed by atoms with Gasteiger partial charge in [-0.1, -0.05) is 41.9 Å². The average Bonchev–Trinajstić information content (AvgIpc) is 2.86. The van der Waals surface area contributed by atoms with Crippen molar-refractivity contribution in [3.63, 3.8) is 0 Å². The van der Waals surface area contributed by atoms with E-state index in [2.05, 4.69) is 29.6 Å². The Labute approximate surface area is 208 Å². The van der Waals surface area contributed by atoms with Crippen LogP contribution in [0.4, 0.5) is 24.5 Å². The fourth-order valence-electron chi connectivity index (χ4n) is 5.26. The fourth-order valence-corrected chi connectivity index (χ4v) is 5.43. The van der Waals surface area contributed by atoms with Crippen molar-refractivity contribution >= 4 is 23.0 Å². The van der Waals surface area contributed by atoms with Crippen molar-refractivity contribution in [2.45, 2.75) is 43.8 Å². The first-order valence-electron chi connectivity index (χ1n) is 12.1. The quantitative estimate of drug-likeness (QED) is 0.358. The smallest absolute Gasteiger partial charge is 0.416 e. The predicted molar refractivity (Wildman–Crippen MR) is 134 cm³/mol. The molecule has 7 heteroatoms. The Morgan fingerprint density at radius 3 is 2.74 bits per heavy atom. The van der Waals surface area contributed by atoms with Crippen molar-refractivity contribution in [3.05, 3.63) is 88.4 Å². The summed E-state index contributed by atoms with van der Waals surface area (Å²) in [5.74, 6) is 1.11. The highest BCUT2D eigenvalue weighted by Crippen LogP contribution is 2.42. The van der Waals surface area contributed by atoms with E-state index in [4.69, 9.17) is 16.3 Å². The Kier molecular flexibility index (Phi) is 6.94. The second-order valence-electron chi connectivity index (χ2n) is 9.28. The summed E-state index contributed by atoms with van der Waals surface area (Å²) in [5.41, 5.74) is 3.38. The van der Waals surface area contributed by atoms with Gasteiger partial charge in [0.2, 0.25) is 0 Å². The summed E-state index contributed by atoms with van der Waals surface area (Å²) in [6.45, 7) is 2.01. The summed E-state index contributed by atoms with van der Waals surface area (Å²) in [7, 11) is 0. The maximum absolute atomic E-state index is 13.4. The first kappa shape index (κ1) is 24.0. The van der Waals surface area contributed by atoms with E-state index in [0.29, 0.717) is 34.7 Å². The minimum Gasteiger partial charge on any atom is -0.489 e. The van der Waals surface area contributed by atoms with E-state index in [-0.39, 0.29) is 6.04 Å². The third-order valence-corrected chi connectivity index (χ3v) is 7.20. The lowest BCUT2D eigenvalue weighted by Gasteiger charge is -2.39. The Balaban J connectivity index is 1.33. The number of alkyl halides is 3. The zero-order valence-electron chi connectivity index (χ0n) is 19.3. The monoisotopic (exact) mass is 500 g/mol. The molecule has 5 rings (SSSR count). The molecule has 1 aliphatic carbocycles. The Morgan fingerprint density at radius 1 is 1.03 bits per heavy atom. The van der Waals surface area contributed by atoms with Gasteiger partial charge < -0.3 is 15.0 Å². The molecular formula is C28H28ClF3N2O. The van der Waals surface area contributed by atoms with Crippen LogP contribution in [-0.4, -0.2) is 25.7 Å². The summed E-state index contributed by atoms with van der Waals surface area (Å²) < 4.78 is 46.3. The van der Waals surface area contributed by atoms with Gasteiger partial charge in [-0.05, 0) is 85.7 Å². The highest BCUT2D eigenvalue weighted by Gasteiger charge is 2.33. The molecule has 1 N–H and O–H groups in total. The van der Waals surface area contributed by atoms with Gasteiger partial charge in [0.25, 0.3) is 0 Å². The fraction of sp³-hybridized carbons (Fsp3) is 0.357. The van der Waals surface area contributed by atoms with E-state index in [0.717, 1.165) is 32.0 Å². The van der Waals surface area contributed by atoms with Gasteiger partial charge >= 0.3 is 6.18 Å². The molecular weight excluding hydrogens is 473 g/mol. The van der Waals surface area contributed by atoms with Gasteiger partial charge in [-0.15, -0.1) is 0 Å². The maximum Gasteiger partial charge on any atom is 0.416 e. The largest absolute Gasteiger partial charge is 0.489 e. The lowest BCUT2D eigenvalue weighted by Crippen LogP contribution is -2.42. The van der Waals surface area contributed by atoms with Crippen LogP contribution < -0.4 is 15.0 Å². The van der Waals surface area contributed by atoms with Gasteiger partial charge in [-0.3, -0.25) is 0 Å². The van der Waals surface area contributed by atoms with Crippen LogP contribution >= 0.6 is 11.6 Å². The number of hydrogen-bond acceptors (Lipinski definition) is 3. The third kappa shape index (κ3) is 5.29. The number of anilines is 2. The van der Waals surface area contributed by atoms with Crippen molar-refractivity contribution in [2.24, 2.45) is 0 Å². The van der Waals surface area contributed by atoms with Gasteiger partial charge in [0.15, 0.2) is 0 Å². The summed E-state index contributed by atoms with van der Waals surface area (Å²) in [6, 6.07) is 19.3. The van der Waals surface area contributed by atoms with Gasteiger partial charge in [0.1, 0.15) is 12.4 Å². The van der Waals surface area contributed by atoms with Crippen LogP contribution in [0.25, 0.3) is 0 Å². The number of benzene rings is 3. The lowest BCUT2D eigenvalue weighted by molar-refractivity contribution is -0.137. The summed E-state index contributed by atoms with van der Waals surface area (Å²) in [4.78, 5) is 1.94. The van der Waals surface area contributed by atoms with Crippen LogP contribution in [0, 0.1) is 0 Å². The number of nitrogens with one attached hydrogen (secondary N) is 1. The standard InChI is InChI=1S/C28H28ClF3N2O/c29-22-11-12-27-26(16-22)34(23-9-4-8-21(15-23)28(30,31)32)24(18-35-27)13-14-33-17-20-7-3-6-19-5-1-2-10-25(19)20/h1-2,4-5,8-12,15-16,20,24,33H,3,6-7,13-14,17-18H2. The Bertz CT molecular complexity index is 1180. The van der Waals surface area contributed by atoms with Crippen LogP contribution in [0.2, 0.25) is 5.02 Å². The van der Waals surface area contributed by atoms with E-state index in [1.807, 2.05) is 4.90 Å². The van der Waals surface area contributed by atoms with Gasteiger partial charge in [0.05, 0.1) is 17.3 Å². The van der Waals surface area contributed by atoms with Crippen molar-refractivity contribution < 1.29 is 17.9 Å². The number of fused-ring (bicyclic) bond motifs is 2. The lowest BCUT2D eigenvalue weighted by atomic mass is 9.83. The molecule has 0 radical (unpaired) electrons. The number of ether oxygens (including phenoxy) is 1. The van der Waals surface area contributed by atoms with Crippen LogP contribution in [0.3, 0.4) is 0 Å². The molecule has 35 heavy (non-hydrogen) atoms. The number of halogens is 4. The highest BCUT2D eigenvalue weighted by atomic mass is 35.5. The van der Waals surface area contributed by atoms with E-state index >= 15 is 0 Å². The van der Waals surface area contributed by atoms with E-state index in [1.165, 1.54) is 36.1 Å². The summed E-state index contributed by atoms with van der Waals surface area (Å²) >= 11 is 6.26. The van der Waals surface area contributed by atoms with Crippen molar-refractivity contribution in [2.75, 3.05) is 24.6 Å². The second kappa shape index (κ2) is 10.1. The molecule has 3 aromatic rings. The molecule has 1 aliphatic heterocycles. The van der Waals surface area contributed by atoms with E-state index in [9.17, 15) is 13.2 Å². The molecule has 0 fully saturated rings. The molecule has 0 saturated heterocycles. The summed E-state index contributed by atoms with van der Waals surface area (Å²) in [6.07, 6.45) is -0.192. The molecule has 3 nitrogen and oxygen atoms in total. The van der Waals surface area contributed by atoms with Gasteiger partial charge in [-0.2, -0.15) is 13.2 Å². The topological polar surface area (TPSA) is 24.5 Å². The van der Waals surface area contributed by atoms with Crippen molar-refractivity contribution in [1.29, 1.82) is 0 Å². The van der Waals surface area contributed by atoms with Crippen LogP contribution in [0.5, 0.6) is 5.75 Å². The second-order valence-corrected chi connectivity index (χ2v) is 9.71. The minimum atomic E-state index is -4.41. The molecule has 0 amide bonds. The Hall–Kier alpha value is -2.70. The molecule has 2 atom stereocenters. The van der Waals surface area contributed by atoms with Crippen molar-refractivity contribution in [3.8, 4) is 5.75 Å². The number of rotatable bonds is 6. The van der Waals surface area contributed by atoms with Crippen LogP contribution in [-0.2, 0) is 12.6 Å². The minimum absolute atomic E-state index is 0.129. The normalized spacial score (nSPS) is 19.6. The SMILES string of the molecule is FC(F)(F)c1cccc(N2c3cc(Cl)ccc3OCC2CCNCC2CCCc3ccccc32)c1. The highest BCUT2D eigenvalue weighted by molar-refractivity contribution is 6.31. The molecule has 0 bridgehead atoms. The molecule has 0 spiro atoms. The van der Waals surface area contributed by atoms with E-state index in [1.54, 1.807) is 24.3 Å². The molecule has 2 aliphatic rings. The maximum atomic E-state index is 13.4. The first-order chi connectivity index (χ1) is 16.9. The predicted octanol–water partition coefficient (Wildman–Crippen LogP) is 7.36. The van der Waals surface area contributed by atoms with Crippen LogP contribution in [0.1, 0.15) is 41.9 Å². The zero-order valence-corrected chi connectivity index (χ0v) is 20.1. The number of aryl methyl sites for hydroxylation is 1. The molecule has 0 aromatic heterocycles. The zero-order chi connectivity index (χ0) is 24.4.